The van der Waals surface area contributed by atoms with Gasteiger partial charge in [-0.3, -0.25) is 9.69 Å². The van der Waals surface area contributed by atoms with E-state index in [4.69, 9.17) is 10.00 Å². The zero-order chi connectivity index (χ0) is 19.8. The van der Waals surface area contributed by atoms with Gasteiger partial charge < -0.3 is 9.64 Å². The van der Waals surface area contributed by atoms with Crippen molar-refractivity contribution in [3.05, 3.63) is 34.7 Å². The molecule has 0 bridgehead atoms. The first-order valence-electron chi connectivity index (χ1n) is 9.80. The SMILES string of the molecule is CCCCOc1ccccc1/C=C1/SC(N2CCN(CCC#N)CC2)=NC1=O. The molecule has 0 spiro atoms. The highest BCUT2D eigenvalue weighted by Crippen LogP contribution is 2.32. The Kier molecular flexibility index (Phi) is 7.52. The van der Waals surface area contributed by atoms with Gasteiger partial charge in [-0.15, -0.1) is 0 Å². The van der Waals surface area contributed by atoms with Crippen LogP contribution in [0.5, 0.6) is 5.75 Å². The van der Waals surface area contributed by atoms with Crippen LogP contribution in [-0.4, -0.2) is 60.2 Å². The number of nitriles is 1. The van der Waals surface area contributed by atoms with Crippen molar-refractivity contribution >= 4 is 28.9 Å². The number of para-hydroxylation sites is 1. The molecule has 0 N–H and O–H groups in total. The third kappa shape index (κ3) is 5.37. The Balaban J connectivity index is 1.62. The normalized spacial score (nSPS) is 19.0. The number of unbranched alkanes of at least 4 members (excludes halogenated alkanes) is 1. The Morgan fingerprint density at radius 3 is 2.82 bits per heavy atom. The van der Waals surface area contributed by atoms with E-state index in [1.54, 1.807) is 0 Å². The average molecular weight is 399 g/mol. The van der Waals surface area contributed by atoms with Gasteiger partial charge in [0.15, 0.2) is 5.17 Å². The number of rotatable bonds is 7. The fourth-order valence-electron chi connectivity index (χ4n) is 3.10. The smallest absolute Gasteiger partial charge is 0.286 e. The summed E-state index contributed by atoms with van der Waals surface area (Å²) in [6.07, 6.45) is 4.53. The Hall–Kier alpha value is -2.30. The van der Waals surface area contributed by atoms with Crippen molar-refractivity contribution in [3.8, 4) is 11.8 Å². The summed E-state index contributed by atoms with van der Waals surface area (Å²) in [5, 5.41) is 9.50. The molecule has 6 nitrogen and oxygen atoms in total. The van der Waals surface area contributed by atoms with Gasteiger partial charge in [-0.1, -0.05) is 31.5 Å². The van der Waals surface area contributed by atoms with Crippen LogP contribution >= 0.6 is 11.8 Å². The van der Waals surface area contributed by atoms with Gasteiger partial charge in [-0.05, 0) is 30.3 Å². The van der Waals surface area contributed by atoms with Gasteiger partial charge in [0.05, 0.1) is 17.6 Å². The molecule has 0 radical (unpaired) electrons. The molecule has 1 aromatic carbocycles. The lowest BCUT2D eigenvalue weighted by Crippen LogP contribution is -2.47. The molecule has 7 heteroatoms. The van der Waals surface area contributed by atoms with Crippen molar-refractivity contribution in [2.45, 2.75) is 26.2 Å². The van der Waals surface area contributed by atoms with Gasteiger partial charge in [0.1, 0.15) is 5.75 Å². The number of benzene rings is 1. The molecular weight excluding hydrogens is 372 g/mol. The molecule has 1 aromatic rings. The van der Waals surface area contributed by atoms with Crippen molar-refractivity contribution in [1.29, 1.82) is 5.26 Å². The highest BCUT2D eigenvalue weighted by molar-refractivity contribution is 8.18. The summed E-state index contributed by atoms with van der Waals surface area (Å²) in [6.45, 7) is 7.06. The van der Waals surface area contributed by atoms with Crippen LogP contribution in [0, 0.1) is 11.3 Å². The molecule has 2 aliphatic heterocycles. The standard InChI is InChI=1S/C21H26N4O2S/c1-2-3-15-27-18-8-5-4-7-17(18)16-19-20(26)23-21(28-19)25-13-11-24(12-14-25)10-6-9-22/h4-5,7-8,16H,2-3,6,10-15H2,1H3/b19-16+. The lowest BCUT2D eigenvalue weighted by Gasteiger charge is -2.34. The summed E-state index contributed by atoms with van der Waals surface area (Å²) in [6, 6.07) is 9.99. The molecule has 0 aromatic heterocycles. The molecular formula is C21H26N4O2S. The molecule has 28 heavy (non-hydrogen) atoms. The van der Waals surface area contributed by atoms with Gasteiger partial charge in [0, 0.05) is 44.7 Å². The fraction of sp³-hybridized carbons (Fsp3) is 0.476. The summed E-state index contributed by atoms with van der Waals surface area (Å²) in [7, 11) is 0. The summed E-state index contributed by atoms with van der Waals surface area (Å²) in [4.78, 5) is 21.8. The molecule has 1 amide bonds. The van der Waals surface area contributed by atoms with E-state index in [1.165, 1.54) is 11.8 Å². The maximum absolute atomic E-state index is 12.4. The number of hydrogen-bond donors (Lipinski definition) is 0. The van der Waals surface area contributed by atoms with E-state index >= 15 is 0 Å². The Morgan fingerprint density at radius 2 is 2.07 bits per heavy atom. The molecule has 3 rings (SSSR count). The number of ether oxygens (including phenoxy) is 1. The van der Waals surface area contributed by atoms with E-state index < -0.39 is 0 Å². The average Bonchev–Trinajstić information content (AvgIpc) is 3.08. The molecule has 1 saturated heterocycles. The summed E-state index contributed by atoms with van der Waals surface area (Å²) < 4.78 is 5.87. The van der Waals surface area contributed by atoms with E-state index in [9.17, 15) is 4.79 Å². The molecule has 148 valence electrons. The van der Waals surface area contributed by atoms with Gasteiger partial charge in [-0.25, -0.2) is 0 Å². The quantitative estimate of drug-likeness (QED) is 0.518. The molecule has 0 aliphatic carbocycles. The monoisotopic (exact) mass is 398 g/mol. The number of thioether (sulfide) groups is 1. The van der Waals surface area contributed by atoms with Gasteiger partial charge in [0.2, 0.25) is 0 Å². The van der Waals surface area contributed by atoms with Crippen LogP contribution < -0.4 is 4.74 Å². The number of amides is 1. The Bertz CT molecular complexity index is 792. The highest BCUT2D eigenvalue weighted by Gasteiger charge is 2.28. The van der Waals surface area contributed by atoms with E-state index in [0.717, 1.165) is 62.0 Å². The first-order chi connectivity index (χ1) is 13.7. The third-order valence-electron chi connectivity index (χ3n) is 4.75. The van der Waals surface area contributed by atoms with Crippen LogP contribution in [0.15, 0.2) is 34.2 Å². The number of nitrogens with zero attached hydrogens (tertiary/aromatic N) is 4. The molecule has 0 atom stereocenters. The minimum absolute atomic E-state index is 0.185. The van der Waals surface area contributed by atoms with E-state index in [1.807, 2.05) is 30.3 Å². The van der Waals surface area contributed by atoms with Crippen molar-refractivity contribution in [1.82, 2.24) is 9.80 Å². The number of piperazine rings is 1. The first kappa shape index (κ1) is 20.4. The molecule has 2 heterocycles. The van der Waals surface area contributed by atoms with Crippen molar-refractivity contribution in [2.75, 3.05) is 39.3 Å². The Labute approximate surface area is 170 Å². The maximum atomic E-state index is 12.4. The number of carbonyl (C=O) groups is 1. The second kappa shape index (κ2) is 10.3. The maximum Gasteiger partial charge on any atom is 0.286 e. The van der Waals surface area contributed by atoms with Crippen molar-refractivity contribution < 1.29 is 9.53 Å². The second-order valence-electron chi connectivity index (χ2n) is 6.79. The summed E-state index contributed by atoms with van der Waals surface area (Å²) >= 11 is 1.44. The molecule has 0 unspecified atom stereocenters. The number of aliphatic imine (C=N–C) groups is 1. The minimum atomic E-state index is -0.185. The van der Waals surface area contributed by atoms with Crippen LogP contribution in [0.25, 0.3) is 6.08 Å². The number of carbonyl (C=O) groups excluding carboxylic acids is 1. The highest BCUT2D eigenvalue weighted by atomic mass is 32.2. The van der Waals surface area contributed by atoms with Crippen molar-refractivity contribution in [2.24, 2.45) is 4.99 Å². The lowest BCUT2D eigenvalue weighted by atomic mass is 10.2. The second-order valence-corrected chi connectivity index (χ2v) is 7.80. The van der Waals surface area contributed by atoms with Gasteiger partial charge in [-0.2, -0.15) is 10.3 Å². The molecule has 1 fully saturated rings. The molecule has 2 aliphatic rings. The summed E-state index contributed by atoms with van der Waals surface area (Å²) in [5.41, 5.74) is 0.909. The van der Waals surface area contributed by atoms with Crippen LogP contribution in [0.2, 0.25) is 0 Å². The lowest BCUT2D eigenvalue weighted by molar-refractivity contribution is -0.113. The third-order valence-corrected chi connectivity index (χ3v) is 5.80. The zero-order valence-electron chi connectivity index (χ0n) is 16.3. The van der Waals surface area contributed by atoms with Crippen LogP contribution in [0.3, 0.4) is 0 Å². The molecule has 0 saturated carbocycles. The first-order valence-corrected chi connectivity index (χ1v) is 10.6. The Morgan fingerprint density at radius 1 is 1.29 bits per heavy atom. The largest absolute Gasteiger partial charge is 0.493 e. The summed E-state index contributed by atoms with van der Waals surface area (Å²) in [5.74, 6) is 0.617. The van der Waals surface area contributed by atoms with E-state index in [2.05, 4.69) is 27.8 Å². The predicted molar refractivity (Wildman–Crippen MR) is 113 cm³/mol. The number of hydrogen-bond acceptors (Lipinski definition) is 6. The van der Waals surface area contributed by atoms with E-state index in [0.29, 0.717) is 17.9 Å². The van der Waals surface area contributed by atoms with E-state index in [-0.39, 0.29) is 5.91 Å². The van der Waals surface area contributed by atoms with Crippen molar-refractivity contribution in [3.63, 3.8) is 0 Å². The van der Waals surface area contributed by atoms with Crippen LogP contribution in [0.1, 0.15) is 31.7 Å². The zero-order valence-corrected chi connectivity index (χ0v) is 17.1. The van der Waals surface area contributed by atoms with Gasteiger partial charge >= 0.3 is 0 Å². The topological polar surface area (TPSA) is 68.9 Å². The predicted octanol–water partition coefficient (Wildman–Crippen LogP) is 3.37. The van der Waals surface area contributed by atoms with Crippen LogP contribution in [-0.2, 0) is 4.79 Å². The number of amidine groups is 1. The van der Waals surface area contributed by atoms with Crippen LogP contribution in [0.4, 0.5) is 0 Å². The fourth-order valence-corrected chi connectivity index (χ4v) is 4.06. The minimum Gasteiger partial charge on any atom is -0.493 e. The van der Waals surface area contributed by atoms with Gasteiger partial charge in [0.25, 0.3) is 5.91 Å².